The molecule has 2 atom stereocenters. The van der Waals surface area contributed by atoms with Gasteiger partial charge in [0.05, 0.1) is 14.9 Å². The number of likely N-dealkylation sites (tertiary alicyclic amines) is 1. The molecule has 7 nitrogen and oxygen atoms in total. The molecule has 174 valence electrons. The van der Waals surface area contributed by atoms with E-state index in [9.17, 15) is 9.59 Å². The van der Waals surface area contributed by atoms with Crippen molar-refractivity contribution in [3.63, 3.8) is 0 Å². The van der Waals surface area contributed by atoms with Crippen LogP contribution in [0.1, 0.15) is 40.5 Å². The maximum atomic E-state index is 13.3. The molecule has 0 unspecified atom stereocenters. The Labute approximate surface area is 202 Å². The van der Waals surface area contributed by atoms with E-state index in [0.717, 1.165) is 16.9 Å². The van der Waals surface area contributed by atoms with Gasteiger partial charge in [-0.2, -0.15) is 0 Å². The van der Waals surface area contributed by atoms with Crippen molar-refractivity contribution in [1.29, 1.82) is 0 Å². The first-order valence-electron chi connectivity index (χ1n) is 10.9. The van der Waals surface area contributed by atoms with Crippen LogP contribution >= 0.6 is 22.9 Å². The second-order valence-corrected chi connectivity index (χ2v) is 10.8. The molecule has 33 heavy (non-hydrogen) atoms. The van der Waals surface area contributed by atoms with E-state index in [1.54, 1.807) is 0 Å². The Kier molecular flexibility index (Phi) is 6.50. The lowest BCUT2D eigenvalue weighted by Gasteiger charge is -2.30. The molecule has 1 aliphatic heterocycles. The molecular formula is C24H27ClN4O3S. The number of hydrogen-bond donors (Lipinski definition) is 2. The molecule has 2 aromatic heterocycles. The summed E-state index contributed by atoms with van der Waals surface area (Å²) in [6.07, 6.45) is 0.805. The van der Waals surface area contributed by atoms with Gasteiger partial charge in [-0.25, -0.2) is 9.78 Å². The lowest BCUT2D eigenvalue weighted by molar-refractivity contribution is -0.120. The van der Waals surface area contributed by atoms with Gasteiger partial charge in [0.1, 0.15) is 17.5 Å². The maximum Gasteiger partial charge on any atom is 0.411 e. The molecule has 0 saturated carbocycles. The molecule has 1 fully saturated rings. The predicted octanol–water partition coefficient (Wildman–Crippen LogP) is 6.19. The van der Waals surface area contributed by atoms with Crippen molar-refractivity contribution in [1.82, 2.24) is 14.9 Å². The Morgan fingerprint density at radius 2 is 1.91 bits per heavy atom. The summed E-state index contributed by atoms with van der Waals surface area (Å²) >= 11 is 7.51. The van der Waals surface area contributed by atoms with Gasteiger partial charge >= 0.3 is 6.09 Å². The van der Waals surface area contributed by atoms with E-state index in [4.69, 9.17) is 16.3 Å². The van der Waals surface area contributed by atoms with Crippen molar-refractivity contribution in [2.75, 3.05) is 5.32 Å². The summed E-state index contributed by atoms with van der Waals surface area (Å²) < 4.78 is 6.21. The number of benzene rings is 1. The van der Waals surface area contributed by atoms with Crippen LogP contribution in [-0.2, 0) is 9.53 Å². The number of anilines is 1. The van der Waals surface area contributed by atoms with E-state index < -0.39 is 17.7 Å². The minimum Gasteiger partial charge on any atom is -0.444 e. The molecule has 9 heteroatoms. The van der Waals surface area contributed by atoms with Crippen molar-refractivity contribution < 1.29 is 14.3 Å². The largest absolute Gasteiger partial charge is 0.444 e. The molecule has 4 rings (SSSR count). The van der Waals surface area contributed by atoms with E-state index in [-0.39, 0.29) is 11.9 Å². The molecule has 2 amide bonds. The van der Waals surface area contributed by atoms with E-state index in [1.165, 1.54) is 16.2 Å². The highest BCUT2D eigenvalue weighted by Gasteiger charge is 2.41. The third kappa shape index (κ3) is 5.23. The number of H-pyrrole nitrogens is 1. The van der Waals surface area contributed by atoms with Gasteiger partial charge in [0, 0.05) is 11.6 Å². The number of hydrogen-bond acceptors (Lipinski definition) is 5. The zero-order valence-corrected chi connectivity index (χ0v) is 20.6. The van der Waals surface area contributed by atoms with E-state index in [1.807, 2.05) is 70.2 Å². The van der Waals surface area contributed by atoms with Gasteiger partial charge in [0.25, 0.3) is 0 Å². The first kappa shape index (κ1) is 23.3. The van der Waals surface area contributed by atoms with Crippen LogP contribution < -0.4 is 5.32 Å². The summed E-state index contributed by atoms with van der Waals surface area (Å²) in [4.78, 5) is 36.5. The minimum atomic E-state index is -0.639. The Balaban J connectivity index is 1.63. The topological polar surface area (TPSA) is 87.3 Å². The molecular weight excluding hydrogens is 460 g/mol. The van der Waals surface area contributed by atoms with Gasteiger partial charge in [-0.05, 0) is 52.7 Å². The summed E-state index contributed by atoms with van der Waals surface area (Å²) in [5.74, 6) is 0.740. The van der Waals surface area contributed by atoms with Crippen LogP contribution in [-0.4, -0.2) is 44.6 Å². The van der Waals surface area contributed by atoms with E-state index in [2.05, 4.69) is 15.3 Å². The van der Waals surface area contributed by atoms with Crippen molar-refractivity contribution in [2.24, 2.45) is 0 Å². The number of halogens is 1. The summed E-state index contributed by atoms with van der Waals surface area (Å²) in [5.41, 5.74) is 0.941. The molecule has 0 aliphatic carbocycles. The van der Waals surface area contributed by atoms with Gasteiger partial charge < -0.3 is 15.0 Å². The average molecular weight is 487 g/mol. The number of imidazole rings is 1. The van der Waals surface area contributed by atoms with Gasteiger partial charge in [0.2, 0.25) is 5.91 Å². The number of aromatic nitrogens is 2. The maximum absolute atomic E-state index is 13.3. The van der Waals surface area contributed by atoms with E-state index in [0.29, 0.717) is 28.1 Å². The number of carbonyl (C=O) groups excluding carboxylic acids is 2. The molecule has 2 N–H and O–H groups in total. The Morgan fingerprint density at radius 1 is 1.18 bits per heavy atom. The lowest BCUT2D eigenvalue weighted by atomic mass is 10.1. The quantitative estimate of drug-likeness (QED) is 0.460. The van der Waals surface area contributed by atoms with Crippen molar-refractivity contribution in [3.05, 3.63) is 46.8 Å². The van der Waals surface area contributed by atoms with E-state index >= 15 is 0 Å². The number of aromatic amines is 1. The highest BCUT2D eigenvalue weighted by molar-refractivity contribution is 7.19. The molecule has 1 aromatic carbocycles. The fourth-order valence-corrected chi connectivity index (χ4v) is 4.89. The highest BCUT2D eigenvalue weighted by atomic mass is 35.5. The van der Waals surface area contributed by atoms with Gasteiger partial charge in [0.15, 0.2) is 5.82 Å². The molecule has 0 spiro atoms. The van der Waals surface area contributed by atoms with Crippen molar-refractivity contribution in [2.45, 2.75) is 58.2 Å². The number of nitrogens with zero attached hydrogens (tertiary/aromatic N) is 2. The zero-order chi connectivity index (χ0) is 23.8. The third-order valence-electron chi connectivity index (χ3n) is 5.39. The molecule has 0 radical (unpaired) electrons. The van der Waals surface area contributed by atoms with Gasteiger partial charge in [-0.15, -0.1) is 11.3 Å². The molecule has 3 aromatic rings. The fraction of sp³-hybridized carbons (Fsp3) is 0.375. The molecule has 1 saturated heterocycles. The smallest absolute Gasteiger partial charge is 0.411 e. The second-order valence-electron chi connectivity index (χ2n) is 9.10. The Bertz CT molecular complexity index is 1150. The standard InChI is InChI=1S/C24H27ClN4O3S/c1-14-10-11-16(29(14)23(31)32-24(2,3)4)22(30)28-21-19(15-8-6-5-7-9-15)26-20(27-21)17-12-13-18(25)33-17/h5-9,12-14,16H,10-11H2,1-4H3,(H,26,27)(H,28,30)/t14-,16+/m0/s1. The monoisotopic (exact) mass is 486 g/mol. The van der Waals surface area contributed by atoms with Gasteiger partial charge in [-0.1, -0.05) is 41.9 Å². The van der Waals surface area contributed by atoms with Crippen LogP contribution in [0.4, 0.5) is 10.6 Å². The summed E-state index contributed by atoms with van der Waals surface area (Å²) in [5, 5.41) is 2.96. The van der Waals surface area contributed by atoms with Crippen molar-refractivity contribution in [3.8, 4) is 22.0 Å². The number of amides is 2. The summed E-state index contributed by atoms with van der Waals surface area (Å²) in [7, 11) is 0. The number of rotatable bonds is 4. The number of thiophene rings is 1. The highest BCUT2D eigenvalue weighted by Crippen LogP contribution is 2.35. The number of carbonyl (C=O) groups is 2. The third-order valence-corrected chi connectivity index (χ3v) is 6.63. The Morgan fingerprint density at radius 3 is 2.55 bits per heavy atom. The van der Waals surface area contributed by atoms with Crippen LogP contribution in [0.2, 0.25) is 4.34 Å². The molecule has 1 aliphatic rings. The lowest BCUT2D eigenvalue weighted by Crippen LogP contribution is -2.48. The molecule has 0 bridgehead atoms. The summed E-state index contributed by atoms with van der Waals surface area (Å²) in [6.45, 7) is 7.37. The number of nitrogens with one attached hydrogen (secondary N) is 2. The average Bonchev–Trinajstić information content (AvgIpc) is 3.45. The second kappa shape index (κ2) is 9.19. The first-order chi connectivity index (χ1) is 15.6. The Hall–Kier alpha value is -2.84. The predicted molar refractivity (Wildman–Crippen MR) is 132 cm³/mol. The van der Waals surface area contributed by atoms with Crippen molar-refractivity contribution >= 4 is 40.8 Å². The van der Waals surface area contributed by atoms with Crippen LogP contribution in [0.5, 0.6) is 0 Å². The SMILES string of the molecule is C[C@H]1CC[C@H](C(=O)Nc2nc(-c3ccc(Cl)s3)[nH]c2-c2ccccc2)N1C(=O)OC(C)(C)C. The molecule has 3 heterocycles. The van der Waals surface area contributed by atoms with Crippen LogP contribution in [0.3, 0.4) is 0 Å². The first-order valence-corrected chi connectivity index (χ1v) is 12.0. The normalized spacial score (nSPS) is 18.4. The minimum absolute atomic E-state index is 0.0906. The van der Waals surface area contributed by atoms with Crippen LogP contribution in [0.25, 0.3) is 22.0 Å². The summed E-state index contributed by atoms with van der Waals surface area (Å²) in [6, 6.07) is 12.6. The number of ether oxygens (including phenoxy) is 1. The fourth-order valence-electron chi connectivity index (χ4n) is 3.90. The zero-order valence-electron chi connectivity index (χ0n) is 19.0. The van der Waals surface area contributed by atoms with Crippen LogP contribution in [0.15, 0.2) is 42.5 Å². The van der Waals surface area contributed by atoms with Crippen LogP contribution in [0, 0.1) is 0 Å². The van der Waals surface area contributed by atoms with Gasteiger partial charge in [-0.3, -0.25) is 9.69 Å².